The van der Waals surface area contributed by atoms with Crippen molar-refractivity contribution in [2.45, 2.75) is 13.8 Å². The molecule has 0 aliphatic rings. The zero-order valence-electron chi connectivity index (χ0n) is 27.7. The van der Waals surface area contributed by atoms with E-state index in [9.17, 15) is 18.4 Å². The number of hydrogen-bond donors (Lipinski definition) is 4. The van der Waals surface area contributed by atoms with Gasteiger partial charge in [0.05, 0.1) is 37.5 Å². The Morgan fingerprint density at radius 1 is 0.760 bits per heavy atom. The highest BCUT2D eigenvalue weighted by Gasteiger charge is 2.24. The standard InChI is InChI=1S/C17H15FN2O3.C11H9FINO2.C6H8BNO3/c1-9-7-11-13(8-12(9)18)20-15(17(21)23-3)14(11)10-5-4-6-19-16(10)22-2;1-5-3-6-8(4-7(5)12)14-10(9(6)13)11(15)16-2;1-11-6-5(7(9)10)3-2-4-8-6/h4-8,20H,1-3H3;3-4,14H,1-2H3;2-4,9-10H,1H3. The first kappa shape index (κ1) is 37.7. The lowest BCUT2D eigenvalue weighted by molar-refractivity contribution is 0.0586. The molecule has 0 unspecified atom stereocenters. The van der Waals surface area contributed by atoms with Crippen LogP contribution in [0, 0.1) is 29.1 Å². The van der Waals surface area contributed by atoms with Crippen molar-refractivity contribution in [2.75, 3.05) is 28.4 Å². The zero-order valence-corrected chi connectivity index (χ0v) is 29.9. The summed E-state index contributed by atoms with van der Waals surface area (Å²) < 4.78 is 47.5. The molecule has 260 valence electrons. The zero-order chi connectivity index (χ0) is 36.7. The number of methoxy groups -OCH3 is 4. The number of aryl methyl sites for hydroxylation is 2. The molecule has 0 amide bonds. The van der Waals surface area contributed by atoms with Gasteiger partial charge in [-0.2, -0.15) is 0 Å². The molecule has 2 aromatic carbocycles. The number of halogens is 3. The molecule has 0 saturated carbocycles. The van der Waals surface area contributed by atoms with Crippen LogP contribution in [0.25, 0.3) is 32.9 Å². The van der Waals surface area contributed by atoms with Crippen LogP contribution in [0.3, 0.4) is 0 Å². The van der Waals surface area contributed by atoms with Crippen LogP contribution in [0.5, 0.6) is 11.8 Å². The maximum Gasteiger partial charge on any atom is 0.493 e. The number of hydrogen-bond acceptors (Lipinski definition) is 10. The summed E-state index contributed by atoms with van der Waals surface area (Å²) in [7, 11) is 4.01. The van der Waals surface area contributed by atoms with Crippen LogP contribution in [0.15, 0.2) is 60.9 Å². The molecule has 0 radical (unpaired) electrons. The first-order valence-corrected chi connectivity index (χ1v) is 15.7. The normalized spacial score (nSPS) is 10.5. The lowest BCUT2D eigenvalue weighted by atomic mass is 9.81. The van der Waals surface area contributed by atoms with Gasteiger partial charge in [0.15, 0.2) is 0 Å². The number of nitrogens with zero attached hydrogens (tertiary/aromatic N) is 2. The molecule has 0 bridgehead atoms. The van der Waals surface area contributed by atoms with Crippen molar-refractivity contribution >= 4 is 68.9 Å². The third-order valence-electron chi connectivity index (χ3n) is 7.38. The molecule has 50 heavy (non-hydrogen) atoms. The van der Waals surface area contributed by atoms with Gasteiger partial charge in [-0.05, 0) is 90.0 Å². The van der Waals surface area contributed by atoms with Gasteiger partial charge in [0.25, 0.3) is 0 Å². The Kier molecular flexibility index (Phi) is 12.5. The van der Waals surface area contributed by atoms with Crippen LogP contribution in [-0.2, 0) is 9.47 Å². The van der Waals surface area contributed by atoms with Gasteiger partial charge in [0, 0.05) is 45.3 Å². The monoisotopic (exact) mass is 800 g/mol. The SMILES string of the molecule is COC(=O)c1[nH]c2cc(F)c(C)cc2c1-c1cccnc1OC.COC(=O)c1[nH]c2cc(F)c(C)cc2c1I.COc1ncccc1B(O)O. The molecule has 6 rings (SSSR count). The fourth-order valence-electron chi connectivity index (χ4n) is 4.91. The summed E-state index contributed by atoms with van der Waals surface area (Å²) in [6.07, 6.45) is 3.12. The van der Waals surface area contributed by atoms with Crippen LogP contribution in [0.4, 0.5) is 8.78 Å². The van der Waals surface area contributed by atoms with Crippen LogP contribution >= 0.6 is 22.6 Å². The molecule has 4 heterocycles. The highest BCUT2D eigenvalue weighted by atomic mass is 127. The maximum atomic E-state index is 13.8. The van der Waals surface area contributed by atoms with Gasteiger partial charge in [-0.15, -0.1) is 0 Å². The predicted octanol–water partition coefficient (Wildman–Crippen LogP) is 5.25. The van der Waals surface area contributed by atoms with Crippen molar-refractivity contribution < 1.29 is 47.4 Å². The topological polar surface area (TPSA) is 169 Å². The van der Waals surface area contributed by atoms with E-state index in [0.29, 0.717) is 50.2 Å². The van der Waals surface area contributed by atoms with E-state index in [0.717, 1.165) is 8.96 Å². The number of benzene rings is 2. The summed E-state index contributed by atoms with van der Waals surface area (Å²) in [5.41, 5.74) is 4.24. The van der Waals surface area contributed by atoms with Gasteiger partial charge in [-0.25, -0.2) is 28.3 Å². The number of aromatic nitrogens is 4. The van der Waals surface area contributed by atoms with Gasteiger partial charge in [-0.1, -0.05) is 6.07 Å². The minimum absolute atomic E-state index is 0.235. The van der Waals surface area contributed by atoms with Gasteiger partial charge >= 0.3 is 19.1 Å². The van der Waals surface area contributed by atoms with Gasteiger partial charge in [0.2, 0.25) is 11.8 Å². The van der Waals surface area contributed by atoms with Crippen molar-refractivity contribution in [3.8, 4) is 22.9 Å². The molecule has 0 aliphatic heterocycles. The molecular weight excluding hydrogens is 768 g/mol. The number of ether oxygens (including phenoxy) is 4. The Morgan fingerprint density at radius 2 is 1.26 bits per heavy atom. The van der Waals surface area contributed by atoms with Crippen molar-refractivity contribution in [3.05, 3.63) is 98.6 Å². The van der Waals surface area contributed by atoms with Crippen molar-refractivity contribution in [1.82, 2.24) is 19.9 Å². The highest BCUT2D eigenvalue weighted by molar-refractivity contribution is 14.1. The minimum atomic E-state index is -1.53. The largest absolute Gasteiger partial charge is 0.493 e. The summed E-state index contributed by atoms with van der Waals surface area (Å²) in [4.78, 5) is 37.3. The number of aromatic amines is 2. The van der Waals surface area contributed by atoms with Gasteiger partial charge < -0.3 is 39.0 Å². The molecule has 0 aliphatic carbocycles. The van der Waals surface area contributed by atoms with E-state index in [1.54, 1.807) is 50.4 Å². The number of esters is 2. The average molecular weight is 800 g/mol. The number of H-pyrrole nitrogens is 2. The van der Waals surface area contributed by atoms with E-state index in [1.807, 2.05) is 22.6 Å². The summed E-state index contributed by atoms with van der Waals surface area (Å²) in [5.74, 6) is -1.01. The number of carbonyl (C=O) groups excluding carboxylic acids is 2. The number of carbonyl (C=O) groups is 2. The van der Waals surface area contributed by atoms with Gasteiger partial charge in [-0.3, -0.25) is 0 Å². The second kappa shape index (κ2) is 16.6. The third kappa shape index (κ3) is 8.04. The molecule has 0 fully saturated rings. The Labute approximate surface area is 299 Å². The summed E-state index contributed by atoms with van der Waals surface area (Å²) in [6.45, 7) is 3.36. The summed E-state index contributed by atoms with van der Waals surface area (Å²) in [5, 5.41) is 19.1. The second-order valence-electron chi connectivity index (χ2n) is 10.5. The maximum absolute atomic E-state index is 13.8. The molecule has 6 aromatic rings. The number of pyridine rings is 2. The highest BCUT2D eigenvalue weighted by Crippen LogP contribution is 2.38. The van der Waals surface area contributed by atoms with Crippen molar-refractivity contribution in [1.29, 1.82) is 0 Å². The molecule has 12 nitrogen and oxygen atoms in total. The minimum Gasteiger partial charge on any atom is -0.481 e. The molecule has 16 heteroatoms. The van der Waals surface area contributed by atoms with Gasteiger partial charge in [0.1, 0.15) is 23.0 Å². The Hall–Kier alpha value is -5.07. The third-order valence-corrected chi connectivity index (χ3v) is 8.50. The van der Waals surface area contributed by atoms with E-state index >= 15 is 0 Å². The molecule has 4 aromatic heterocycles. The number of nitrogens with one attached hydrogen (secondary N) is 2. The van der Waals surface area contributed by atoms with Crippen molar-refractivity contribution in [2.24, 2.45) is 0 Å². The first-order chi connectivity index (χ1) is 23.9. The average Bonchev–Trinajstić information content (AvgIpc) is 3.64. The Morgan fingerprint density at radius 3 is 1.80 bits per heavy atom. The molecule has 0 atom stereocenters. The Balaban J connectivity index is 0.000000181. The van der Waals surface area contributed by atoms with E-state index in [2.05, 4.69) is 24.7 Å². The lowest BCUT2D eigenvalue weighted by Crippen LogP contribution is -2.31. The Bertz CT molecular complexity index is 2170. The number of rotatable bonds is 6. The molecule has 0 saturated heterocycles. The van der Waals surface area contributed by atoms with Crippen LogP contribution < -0.4 is 14.9 Å². The van der Waals surface area contributed by atoms with Crippen LogP contribution in [-0.4, -0.2) is 77.5 Å². The lowest BCUT2D eigenvalue weighted by Gasteiger charge is -2.08. The van der Waals surface area contributed by atoms with Crippen molar-refractivity contribution in [3.63, 3.8) is 0 Å². The summed E-state index contributed by atoms with van der Waals surface area (Å²) in [6, 6.07) is 12.8. The fourth-order valence-corrected chi connectivity index (χ4v) is 5.71. The van der Waals surface area contributed by atoms with E-state index in [1.165, 1.54) is 52.8 Å². The summed E-state index contributed by atoms with van der Waals surface area (Å²) >= 11 is 2.05. The van der Waals surface area contributed by atoms with Crippen LogP contribution in [0.2, 0.25) is 0 Å². The fraction of sp³-hybridized carbons (Fsp3) is 0.176. The molecule has 0 spiro atoms. The van der Waals surface area contributed by atoms with Crippen LogP contribution in [0.1, 0.15) is 32.1 Å². The molecular formula is C34H32BF2IN4O8. The van der Waals surface area contributed by atoms with E-state index in [4.69, 9.17) is 24.3 Å². The quantitative estimate of drug-likeness (QED) is 0.0993. The first-order valence-electron chi connectivity index (χ1n) is 14.7. The smallest absolute Gasteiger partial charge is 0.481 e. The van der Waals surface area contributed by atoms with E-state index < -0.39 is 19.1 Å². The number of fused-ring (bicyclic) bond motifs is 2. The molecule has 4 N–H and O–H groups in total. The van der Waals surface area contributed by atoms with E-state index in [-0.39, 0.29) is 28.7 Å². The second-order valence-corrected chi connectivity index (χ2v) is 11.6. The predicted molar refractivity (Wildman–Crippen MR) is 192 cm³/mol.